The summed E-state index contributed by atoms with van der Waals surface area (Å²) in [4.78, 5) is 20.0. The van der Waals surface area contributed by atoms with E-state index in [0.29, 0.717) is 0 Å². The maximum Gasteiger partial charge on any atom is 0.436 e. The van der Waals surface area contributed by atoms with Crippen molar-refractivity contribution in [2.45, 2.75) is 25.3 Å². The molecule has 0 aliphatic carbocycles. The van der Waals surface area contributed by atoms with E-state index in [-0.39, 0.29) is 17.2 Å². The van der Waals surface area contributed by atoms with Crippen LogP contribution >= 0.6 is 0 Å². The number of H-pyrrole nitrogens is 1. The zero-order valence-corrected chi connectivity index (χ0v) is 15.4. The number of hydrogen-bond acceptors (Lipinski definition) is 4. The molecule has 1 N–H and O–H groups in total. The first-order valence-electron chi connectivity index (χ1n) is 8.25. The highest BCUT2D eigenvalue weighted by Crippen LogP contribution is 2.35. The Morgan fingerprint density at radius 3 is 2.10 bits per heavy atom. The Kier molecular flexibility index (Phi) is 4.83. The maximum absolute atomic E-state index is 13.4. The van der Waals surface area contributed by atoms with Crippen LogP contribution in [-0.2, 0) is 12.4 Å². The van der Waals surface area contributed by atoms with Crippen LogP contribution in [0.2, 0.25) is 0 Å². The van der Waals surface area contributed by atoms with E-state index in [1.54, 1.807) is 0 Å². The van der Waals surface area contributed by atoms with Gasteiger partial charge in [-0.15, -0.1) is 0 Å². The van der Waals surface area contributed by atoms with Crippen LogP contribution in [0, 0.1) is 0 Å². The van der Waals surface area contributed by atoms with E-state index in [0.717, 1.165) is 28.9 Å². The lowest BCUT2D eigenvalue weighted by atomic mass is 10.1. The third-order valence-corrected chi connectivity index (χ3v) is 4.33. The highest BCUT2D eigenvalue weighted by molar-refractivity contribution is 5.79. The zero-order chi connectivity index (χ0) is 21.7. The molecule has 0 saturated carbocycles. The number of fused-ring (bicyclic) bond motifs is 1. The van der Waals surface area contributed by atoms with Crippen LogP contribution in [0.15, 0.2) is 29.1 Å². The van der Waals surface area contributed by atoms with Crippen molar-refractivity contribution in [3.05, 3.63) is 51.4 Å². The van der Waals surface area contributed by atoms with Crippen LogP contribution in [0.5, 0.6) is 0 Å². The number of anilines is 1. The molecule has 0 aliphatic heterocycles. The van der Waals surface area contributed by atoms with Crippen LogP contribution in [0.3, 0.4) is 0 Å². The number of aromatic nitrogens is 4. The largest absolute Gasteiger partial charge is 0.436 e. The minimum atomic E-state index is -4.92. The van der Waals surface area contributed by atoms with Gasteiger partial charge in [-0.1, -0.05) is 12.1 Å². The lowest BCUT2D eigenvalue weighted by Crippen LogP contribution is -2.20. The zero-order valence-electron chi connectivity index (χ0n) is 15.4. The van der Waals surface area contributed by atoms with Gasteiger partial charge in [-0.3, -0.25) is 9.78 Å². The summed E-state index contributed by atoms with van der Waals surface area (Å²) < 4.78 is 79.4. The predicted molar refractivity (Wildman–Crippen MR) is 92.7 cm³/mol. The Balaban J connectivity index is 2.21. The predicted octanol–water partition coefficient (Wildman–Crippen LogP) is 3.83. The number of rotatable bonds is 3. The highest BCUT2D eigenvalue weighted by atomic mass is 19.4. The normalized spacial score (nSPS) is 13.7. The molecule has 156 valence electrons. The number of alkyl halides is 6. The molecule has 0 fully saturated rings. The second-order valence-corrected chi connectivity index (χ2v) is 6.57. The molecule has 1 unspecified atom stereocenters. The summed E-state index contributed by atoms with van der Waals surface area (Å²) in [5.41, 5.74) is -3.37. The van der Waals surface area contributed by atoms with Gasteiger partial charge in [0.25, 0.3) is 5.56 Å². The van der Waals surface area contributed by atoms with Gasteiger partial charge in [0, 0.05) is 14.1 Å². The first kappa shape index (κ1) is 20.7. The van der Waals surface area contributed by atoms with E-state index in [4.69, 9.17) is 0 Å². The van der Waals surface area contributed by atoms with Crippen molar-refractivity contribution in [2.75, 3.05) is 19.0 Å². The van der Waals surface area contributed by atoms with Gasteiger partial charge < -0.3 is 4.90 Å². The first-order chi connectivity index (χ1) is 13.3. The average molecular weight is 419 g/mol. The van der Waals surface area contributed by atoms with Crippen molar-refractivity contribution >= 4 is 17.0 Å². The van der Waals surface area contributed by atoms with E-state index in [1.807, 2.05) is 0 Å². The second-order valence-electron chi connectivity index (χ2n) is 6.57. The van der Waals surface area contributed by atoms with E-state index >= 15 is 0 Å². The summed E-state index contributed by atoms with van der Waals surface area (Å²) in [7, 11) is 3.07. The van der Waals surface area contributed by atoms with Gasteiger partial charge in [0.2, 0.25) is 5.95 Å². The van der Waals surface area contributed by atoms with Gasteiger partial charge in [0.15, 0.2) is 11.3 Å². The maximum atomic E-state index is 13.4. The Labute approximate surface area is 159 Å². The topological polar surface area (TPSA) is 66.8 Å². The number of halogens is 6. The van der Waals surface area contributed by atoms with Crippen LogP contribution in [-0.4, -0.2) is 33.8 Å². The van der Waals surface area contributed by atoms with Gasteiger partial charge >= 0.3 is 12.4 Å². The fourth-order valence-electron chi connectivity index (χ4n) is 2.81. The van der Waals surface area contributed by atoms with Crippen LogP contribution in [0.4, 0.5) is 32.3 Å². The van der Waals surface area contributed by atoms with Crippen LogP contribution < -0.4 is 10.5 Å². The molecule has 0 saturated heterocycles. The molecule has 1 aromatic carbocycles. The van der Waals surface area contributed by atoms with Gasteiger partial charge in [0.05, 0.1) is 11.6 Å². The minimum absolute atomic E-state index is 0.0111. The average Bonchev–Trinajstić information content (AvgIpc) is 3.01. The van der Waals surface area contributed by atoms with Crippen molar-refractivity contribution in [1.82, 2.24) is 19.7 Å². The summed E-state index contributed by atoms with van der Waals surface area (Å²) in [5.74, 6) is 0.0111. The summed E-state index contributed by atoms with van der Waals surface area (Å²) in [6.45, 7) is 1.45. The van der Waals surface area contributed by atoms with Gasteiger partial charge in [-0.25, -0.2) is 4.68 Å². The smallest absolute Gasteiger partial charge is 0.348 e. The quantitative estimate of drug-likeness (QED) is 0.656. The summed E-state index contributed by atoms with van der Waals surface area (Å²) in [5, 5.41) is 2.80. The Hall–Kier alpha value is -3.05. The van der Waals surface area contributed by atoms with E-state index < -0.39 is 40.6 Å². The molecule has 0 bridgehead atoms. The molecule has 29 heavy (non-hydrogen) atoms. The number of benzene rings is 1. The fourth-order valence-corrected chi connectivity index (χ4v) is 2.81. The van der Waals surface area contributed by atoms with Crippen LogP contribution in [0.1, 0.15) is 29.8 Å². The van der Waals surface area contributed by atoms with E-state index in [9.17, 15) is 31.1 Å². The second kappa shape index (κ2) is 6.78. The number of aromatic amines is 1. The van der Waals surface area contributed by atoms with Crippen molar-refractivity contribution in [3.63, 3.8) is 0 Å². The van der Waals surface area contributed by atoms with E-state index in [2.05, 4.69) is 15.1 Å². The molecule has 0 radical (unpaired) electrons. The Bertz CT molecular complexity index is 1090. The molecule has 3 aromatic rings. The minimum Gasteiger partial charge on any atom is -0.348 e. The summed E-state index contributed by atoms with van der Waals surface area (Å²) >= 11 is 0. The van der Waals surface area contributed by atoms with Crippen molar-refractivity contribution in [1.29, 1.82) is 0 Å². The third-order valence-electron chi connectivity index (χ3n) is 4.33. The number of nitrogens with one attached hydrogen (secondary N) is 1. The van der Waals surface area contributed by atoms with Gasteiger partial charge in [-0.2, -0.15) is 36.4 Å². The molecule has 12 heteroatoms. The van der Waals surface area contributed by atoms with Gasteiger partial charge in [0.1, 0.15) is 5.39 Å². The molecule has 3 rings (SSSR count). The molecular weight excluding hydrogens is 404 g/mol. The molecule has 0 amide bonds. The Morgan fingerprint density at radius 1 is 1.03 bits per heavy atom. The molecule has 6 nitrogen and oxygen atoms in total. The van der Waals surface area contributed by atoms with E-state index in [1.165, 1.54) is 25.9 Å². The summed E-state index contributed by atoms with van der Waals surface area (Å²) in [6, 6.07) is 3.03. The van der Waals surface area contributed by atoms with Crippen molar-refractivity contribution < 1.29 is 26.3 Å². The third kappa shape index (κ3) is 3.78. The SMILES string of the molecule is CC(c1ccc(C(F)(F)F)cc1)n1nc(C(F)(F)F)c2c(=O)[nH]c(N(C)C)nc21. The van der Waals surface area contributed by atoms with Gasteiger partial charge in [-0.05, 0) is 24.6 Å². The van der Waals surface area contributed by atoms with Crippen molar-refractivity contribution in [2.24, 2.45) is 0 Å². The summed E-state index contributed by atoms with van der Waals surface area (Å²) in [6.07, 6.45) is -9.46. The molecule has 1 atom stereocenters. The number of hydrogen-bond donors (Lipinski definition) is 1. The van der Waals surface area contributed by atoms with Crippen molar-refractivity contribution in [3.8, 4) is 0 Å². The molecule has 2 heterocycles. The highest BCUT2D eigenvalue weighted by Gasteiger charge is 2.39. The molecule has 0 aliphatic rings. The monoisotopic (exact) mass is 419 g/mol. The fraction of sp³-hybridized carbons (Fsp3) is 0.353. The number of nitrogens with zero attached hydrogens (tertiary/aromatic N) is 4. The first-order valence-corrected chi connectivity index (χ1v) is 8.25. The lowest BCUT2D eigenvalue weighted by molar-refractivity contribution is -0.140. The standard InChI is InChI=1S/C17H15F6N5O/c1-8(9-4-6-10(7-5-9)16(18,19)20)28-13-11(12(26-28)17(21,22)23)14(29)25-15(24-13)27(2)3/h4-8H,1-3H3,(H,24,25,29). The lowest BCUT2D eigenvalue weighted by Gasteiger charge is -2.16. The molecule has 0 spiro atoms. The molecular formula is C17H15F6N5O. The Morgan fingerprint density at radius 2 is 1.62 bits per heavy atom. The van der Waals surface area contributed by atoms with Crippen LogP contribution in [0.25, 0.3) is 11.0 Å². The molecule has 2 aromatic heterocycles.